The van der Waals surface area contributed by atoms with Crippen molar-refractivity contribution in [1.82, 2.24) is 4.90 Å². The van der Waals surface area contributed by atoms with E-state index in [1.165, 1.54) is 11.1 Å². The minimum Gasteiger partial charge on any atom is -0.493 e. The monoisotopic (exact) mass is 630 g/mol. The SMILES string of the molecule is COc1cc2c(cc1OC)CN(CC1CC(c3ccc(CO)cc3)OC(c3ccc(NS(=O)(=O)c4ccccc4)cc3)O1)CC2. The molecule has 2 aliphatic rings. The van der Waals surface area contributed by atoms with Gasteiger partial charge in [-0.2, -0.15) is 0 Å². The van der Waals surface area contributed by atoms with E-state index < -0.39 is 16.3 Å². The van der Waals surface area contributed by atoms with E-state index in [4.69, 9.17) is 18.9 Å². The van der Waals surface area contributed by atoms with Crippen molar-refractivity contribution in [1.29, 1.82) is 0 Å². The highest BCUT2D eigenvalue weighted by Crippen LogP contribution is 2.39. The van der Waals surface area contributed by atoms with E-state index in [0.29, 0.717) is 18.7 Å². The van der Waals surface area contributed by atoms with E-state index in [1.807, 2.05) is 36.4 Å². The lowest BCUT2D eigenvalue weighted by Gasteiger charge is -2.39. The number of aliphatic hydroxyl groups excluding tert-OH is 1. The molecule has 1 fully saturated rings. The van der Waals surface area contributed by atoms with Crippen molar-refractivity contribution in [3.8, 4) is 11.5 Å². The summed E-state index contributed by atoms with van der Waals surface area (Å²) in [7, 11) is -0.400. The van der Waals surface area contributed by atoms with Crippen molar-refractivity contribution in [2.75, 3.05) is 32.0 Å². The van der Waals surface area contributed by atoms with Crippen LogP contribution in [0.5, 0.6) is 11.5 Å². The molecule has 9 nitrogen and oxygen atoms in total. The van der Waals surface area contributed by atoms with Crippen LogP contribution in [-0.4, -0.2) is 51.8 Å². The molecule has 0 aromatic heterocycles. The first-order chi connectivity index (χ1) is 21.8. The number of ether oxygens (including phenoxy) is 4. The van der Waals surface area contributed by atoms with Crippen LogP contribution in [0.1, 0.15) is 46.6 Å². The molecule has 6 rings (SSSR count). The predicted molar refractivity (Wildman–Crippen MR) is 171 cm³/mol. The first-order valence-electron chi connectivity index (χ1n) is 15.0. The van der Waals surface area contributed by atoms with Gasteiger partial charge in [0.1, 0.15) is 0 Å². The second-order valence-corrected chi connectivity index (χ2v) is 13.0. The third kappa shape index (κ3) is 7.16. The third-order valence-electron chi connectivity index (χ3n) is 8.36. The van der Waals surface area contributed by atoms with Crippen LogP contribution in [0.25, 0.3) is 0 Å². The smallest absolute Gasteiger partial charge is 0.261 e. The van der Waals surface area contributed by atoms with E-state index in [-0.39, 0.29) is 23.7 Å². The number of aliphatic hydroxyl groups is 1. The molecule has 10 heteroatoms. The van der Waals surface area contributed by atoms with Gasteiger partial charge in [-0.05, 0) is 65.1 Å². The summed E-state index contributed by atoms with van der Waals surface area (Å²) in [5.41, 5.74) is 5.57. The molecular weight excluding hydrogens is 592 g/mol. The highest BCUT2D eigenvalue weighted by atomic mass is 32.2. The van der Waals surface area contributed by atoms with Gasteiger partial charge in [0.15, 0.2) is 17.8 Å². The summed E-state index contributed by atoms with van der Waals surface area (Å²) in [5.74, 6) is 1.47. The molecule has 0 saturated carbocycles. The Morgan fingerprint density at radius 2 is 1.53 bits per heavy atom. The van der Waals surface area contributed by atoms with Crippen LogP contribution in [0, 0.1) is 0 Å². The number of nitrogens with one attached hydrogen (secondary N) is 1. The zero-order valence-corrected chi connectivity index (χ0v) is 26.2. The maximum Gasteiger partial charge on any atom is 0.261 e. The van der Waals surface area contributed by atoms with Crippen LogP contribution < -0.4 is 14.2 Å². The summed E-state index contributed by atoms with van der Waals surface area (Å²) in [6.07, 6.45) is 0.574. The van der Waals surface area contributed by atoms with Crippen molar-refractivity contribution < 1.29 is 32.5 Å². The standard InChI is InChI=1S/C35H38N2O7S/c1-41-33-18-27-16-17-37(21-28(27)19-34(33)42-2)22-30-20-32(25-10-8-24(23-38)9-11-25)44-35(43-30)26-12-14-29(15-13-26)36-45(39,40)31-6-4-3-5-7-31/h3-15,18-19,30,32,35-36,38H,16-17,20-23H2,1-2H3. The number of hydrogen-bond donors (Lipinski definition) is 2. The molecule has 45 heavy (non-hydrogen) atoms. The lowest BCUT2D eigenvalue weighted by molar-refractivity contribution is -0.253. The minimum absolute atomic E-state index is 0.0202. The fourth-order valence-electron chi connectivity index (χ4n) is 5.94. The lowest BCUT2D eigenvalue weighted by atomic mass is 9.97. The van der Waals surface area contributed by atoms with Crippen LogP contribution >= 0.6 is 0 Å². The van der Waals surface area contributed by atoms with Crippen molar-refractivity contribution in [2.24, 2.45) is 0 Å². The number of hydrogen-bond acceptors (Lipinski definition) is 8. The molecule has 0 spiro atoms. The Morgan fingerprint density at radius 1 is 0.867 bits per heavy atom. The molecule has 3 atom stereocenters. The number of anilines is 1. The van der Waals surface area contributed by atoms with Crippen molar-refractivity contribution in [2.45, 2.75) is 49.4 Å². The van der Waals surface area contributed by atoms with Crippen LogP contribution in [-0.2, 0) is 39.1 Å². The first-order valence-corrected chi connectivity index (χ1v) is 16.5. The molecule has 0 bridgehead atoms. The predicted octanol–water partition coefficient (Wildman–Crippen LogP) is 5.60. The number of benzene rings is 4. The van der Waals surface area contributed by atoms with Gasteiger partial charge in [0.25, 0.3) is 10.0 Å². The van der Waals surface area contributed by atoms with Gasteiger partial charge in [0.2, 0.25) is 0 Å². The Labute approximate surface area is 264 Å². The van der Waals surface area contributed by atoms with Crippen molar-refractivity contribution in [3.63, 3.8) is 0 Å². The van der Waals surface area contributed by atoms with Crippen molar-refractivity contribution in [3.05, 3.63) is 119 Å². The number of methoxy groups -OCH3 is 2. The zero-order valence-electron chi connectivity index (χ0n) is 25.4. The topological polar surface area (TPSA) is 107 Å². The van der Waals surface area contributed by atoms with Gasteiger partial charge < -0.3 is 24.1 Å². The minimum atomic E-state index is -3.71. The summed E-state index contributed by atoms with van der Waals surface area (Å²) in [6.45, 7) is 2.36. The summed E-state index contributed by atoms with van der Waals surface area (Å²) in [4.78, 5) is 2.60. The Kier molecular flexibility index (Phi) is 9.39. The molecule has 4 aromatic rings. The van der Waals surface area contributed by atoms with Crippen LogP contribution in [0.2, 0.25) is 0 Å². The molecule has 1 saturated heterocycles. The van der Waals surface area contributed by atoms with E-state index >= 15 is 0 Å². The number of rotatable bonds is 10. The summed E-state index contributed by atoms with van der Waals surface area (Å²) >= 11 is 0. The Bertz CT molecular complexity index is 1700. The van der Waals surface area contributed by atoms with Gasteiger partial charge in [-0.1, -0.05) is 54.6 Å². The summed E-state index contributed by atoms with van der Waals surface area (Å²) < 4.78 is 52.4. The van der Waals surface area contributed by atoms with E-state index in [2.05, 4.69) is 21.8 Å². The normalized spacial score (nSPS) is 20.3. The molecular formula is C35H38N2O7S. The fraction of sp³-hybridized carbons (Fsp3) is 0.314. The van der Waals surface area contributed by atoms with Crippen molar-refractivity contribution >= 4 is 15.7 Å². The van der Waals surface area contributed by atoms with Gasteiger partial charge in [-0.15, -0.1) is 0 Å². The quantitative estimate of drug-likeness (QED) is 0.233. The molecule has 2 aliphatic heterocycles. The molecule has 0 amide bonds. The Balaban J connectivity index is 1.20. The largest absolute Gasteiger partial charge is 0.493 e. The molecule has 2 N–H and O–H groups in total. The maximum absolute atomic E-state index is 12.8. The molecule has 236 valence electrons. The van der Waals surface area contributed by atoms with Crippen LogP contribution in [0.3, 0.4) is 0 Å². The second kappa shape index (κ2) is 13.6. The van der Waals surface area contributed by atoms with E-state index in [0.717, 1.165) is 47.7 Å². The summed E-state index contributed by atoms with van der Waals surface area (Å²) in [5, 5.41) is 9.53. The zero-order chi connectivity index (χ0) is 31.4. The molecule has 4 aromatic carbocycles. The highest BCUT2D eigenvalue weighted by molar-refractivity contribution is 7.92. The Hall–Kier alpha value is -3.93. The average Bonchev–Trinajstić information content (AvgIpc) is 3.08. The molecule has 0 aliphatic carbocycles. The number of nitrogens with zero attached hydrogens (tertiary/aromatic N) is 1. The summed E-state index contributed by atoms with van der Waals surface area (Å²) in [6, 6.07) is 27.3. The van der Waals surface area contributed by atoms with E-state index in [1.54, 1.807) is 56.7 Å². The maximum atomic E-state index is 12.8. The van der Waals surface area contributed by atoms with Crippen LogP contribution in [0.4, 0.5) is 5.69 Å². The fourth-order valence-corrected chi connectivity index (χ4v) is 7.02. The lowest BCUT2D eigenvalue weighted by Crippen LogP contribution is -2.41. The van der Waals surface area contributed by atoms with Gasteiger partial charge in [0, 0.05) is 37.3 Å². The molecule has 2 heterocycles. The third-order valence-corrected chi connectivity index (χ3v) is 9.76. The van der Waals surface area contributed by atoms with Crippen LogP contribution in [0.15, 0.2) is 95.9 Å². The average molecular weight is 631 g/mol. The first kappa shape index (κ1) is 31.1. The number of sulfonamides is 1. The molecule has 0 radical (unpaired) electrons. The van der Waals surface area contributed by atoms with Gasteiger partial charge in [-0.25, -0.2) is 8.42 Å². The molecule has 3 unspecified atom stereocenters. The van der Waals surface area contributed by atoms with Gasteiger partial charge >= 0.3 is 0 Å². The number of fused-ring (bicyclic) bond motifs is 1. The highest BCUT2D eigenvalue weighted by Gasteiger charge is 2.34. The Morgan fingerprint density at radius 3 is 2.20 bits per heavy atom. The van der Waals surface area contributed by atoms with E-state index in [9.17, 15) is 13.5 Å². The van der Waals surface area contributed by atoms with Gasteiger partial charge in [-0.3, -0.25) is 9.62 Å². The second-order valence-electron chi connectivity index (χ2n) is 11.4. The van der Waals surface area contributed by atoms with Gasteiger partial charge in [0.05, 0.1) is 37.9 Å².